The van der Waals surface area contributed by atoms with Crippen molar-refractivity contribution < 1.29 is 4.74 Å². The molecule has 2 aliphatic heterocycles. The predicted molar refractivity (Wildman–Crippen MR) is 103 cm³/mol. The second kappa shape index (κ2) is 5.93. The van der Waals surface area contributed by atoms with Crippen LogP contribution >= 0.6 is 0 Å². The van der Waals surface area contributed by atoms with E-state index in [-0.39, 0.29) is 12.2 Å². The molecule has 134 valence electrons. The first-order valence-electron chi connectivity index (χ1n) is 9.50. The monoisotopic (exact) mass is 347 g/mol. The third-order valence-corrected chi connectivity index (χ3v) is 5.94. The highest BCUT2D eigenvalue weighted by molar-refractivity contribution is 5.89. The number of aryl methyl sites for hydroxylation is 1. The average Bonchev–Trinajstić information content (AvgIpc) is 2.85. The van der Waals surface area contributed by atoms with Crippen molar-refractivity contribution in [1.29, 1.82) is 0 Å². The van der Waals surface area contributed by atoms with Gasteiger partial charge in [0.1, 0.15) is 6.10 Å². The van der Waals surface area contributed by atoms with E-state index in [4.69, 9.17) is 4.74 Å². The van der Waals surface area contributed by atoms with Gasteiger partial charge in [0.25, 0.3) is 0 Å². The highest BCUT2D eigenvalue weighted by atomic mass is 16.5. The van der Waals surface area contributed by atoms with Gasteiger partial charge in [0.15, 0.2) is 0 Å². The Labute approximate surface area is 154 Å². The number of fused-ring (bicyclic) bond motifs is 3. The molecule has 0 bridgehead atoms. The van der Waals surface area contributed by atoms with Crippen LogP contribution in [0, 0.1) is 6.92 Å². The lowest BCUT2D eigenvalue weighted by molar-refractivity contribution is -0.00909. The average molecular weight is 347 g/mol. The zero-order chi connectivity index (χ0) is 17.8. The van der Waals surface area contributed by atoms with Gasteiger partial charge in [-0.2, -0.15) is 0 Å². The molecule has 0 radical (unpaired) electrons. The number of hydrogen-bond donors (Lipinski definition) is 0. The van der Waals surface area contributed by atoms with E-state index >= 15 is 0 Å². The molecule has 0 saturated heterocycles. The summed E-state index contributed by atoms with van der Waals surface area (Å²) >= 11 is 0. The molecular weight excluding hydrogens is 322 g/mol. The van der Waals surface area contributed by atoms with Crippen LogP contribution in [-0.4, -0.2) is 28.0 Å². The quantitative estimate of drug-likeness (QED) is 0.662. The van der Waals surface area contributed by atoms with Gasteiger partial charge in [0.05, 0.1) is 18.2 Å². The van der Waals surface area contributed by atoms with Crippen molar-refractivity contribution in [3.63, 3.8) is 0 Å². The van der Waals surface area contributed by atoms with Gasteiger partial charge in [0, 0.05) is 48.5 Å². The molecule has 5 rings (SSSR count). The molecule has 3 aromatic rings. The SMILES string of the molecule is Cc1cc2c3c(c1)c1c(n3CC(c3ccncc3)OC2C)CCN(C)C1. The topological polar surface area (TPSA) is 30.3 Å². The molecule has 26 heavy (non-hydrogen) atoms. The summed E-state index contributed by atoms with van der Waals surface area (Å²) in [7, 11) is 2.22. The molecular formula is C22H25N3O. The predicted octanol–water partition coefficient (Wildman–Crippen LogP) is 4.17. The summed E-state index contributed by atoms with van der Waals surface area (Å²) in [6.07, 6.45) is 4.96. The first-order chi connectivity index (χ1) is 12.6. The Kier molecular flexibility index (Phi) is 3.66. The number of likely N-dealkylation sites (N-methyl/N-ethyl adjacent to an activating group) is 1. The number of pyridine rings is 1. The minimum atomic E-state index is 0.0556. The number of ether oxygens (including phenoxy) is 1. The summed E-state index contributed by atoms with van der Waals surface area (Å²) in [6.45, 7) is 7.42. The van der Waals surface area contributed by atoms with Gasteiger partial charge >= 0.3 is 0 Å². The molecule has 2 aromatic heterocycles. The van der Waals surface area contributed by atoms with Crippen LogP contribution in [0.1, 0.15) is 47.1 Å². The van der Waals surface area contributed by atoms with E-state index in [1.165, 1.54) is 38.9 Å². The molecule has 0 aliphatic carbocycles. The fourth-order valence-electron chi connectivity index (χ4n) is 4.70. The Morgan fingerprint density at radius 1 is 1.19 bits per heavy atom. The third kappa shape index (κ3) is 2.40. The van der Waals surface area contributed by atoms with Crippen LogP contribution in [0.5, 0.6) is 0 Å². The highest BCUT2D eigenvalue weighted by Gasteiger charge is 2.31. The first-order valence-corrected chi connectivity index (χ1v) is 9.50. The van der Waals surface area contributed by atoms with E-state index in [1.54, 1.807) is 0 Å². The summed E-state index contributed by atoms with van der Waals surface area (Å²) in [5.74, 6) is 0. The van der Waals surface area contributed by atoms with Gasteiger partial charge in [-0.1, -0.05) is 11.6 Å². The maximum Gasteiger partial charge on any atom is 0.101 e. The van der Waals surface area contributed by atoms with Crippen molar-refractivity contribution in [3.05, 3.63) is 64.6 Å². The summed E-state index contributed by atoms with van der Waals surface area (Å²) in [4.78, 5) is 6.60. The second-order valence-electron chi connectivity index (χ2n) is 7.82. The van der Waals surface area contributed by atoms with Gasteiger partial charge in [-0.15, -0.1) is 0 Å². The summed E-state index contributed by atoms with van der Waals surface area (Å²) in [5, 5.41) is 1.42. The molecule has 1 aromatic carbocycles. The van der Waals surface area contributed by atoms with Crippen molar-refractivity contribution in [1.82, 2.24) is 14.5 Å². The minimum absolute atomic E-state index is 0.0556. The van der Waals surface area contributed by atoms with Crippen LogP contribution in [0.3, 0.4) is 0 Å². The molecule has 0 fully saturated rings. The molecule has 2 aliphatic rings. The van der Waals surface area contributed by atoms with E-state index < -0.39 is 0 Å². The minimum Gasteiger partial charge on any atom is -0.364 e. The fourth-order valence-corrected chi connectivity index (χ4v) is 4.70. The first kappa shape index (κ1) is 16.0. The van der Waals surface area contributed by atoms with Gasteiger partial charge in [0.2, 0.25) is 0 Å². The largest absolute Gasteiger partial charge is 0.364 e. The molecule has 4 heterocycles. The van der Waals surface area contributed by atoms with Gasteiger partial charge in [-0.25, -0.2) is 0 Å². The normalized spacial score (nSPS) is 23.0. The van der Waals surface area contributed by atoms with E-state index in [2.05, 4.69) is 59.6 Å². The van der Waals surface area contributed by atoms with E-state index in [9.17, 15) is 0 Å². The van der Waals surface area contributed by atoms with Crippen molar-refractivity contribution in [2.75, 3.05) is 13.6 Å². The lowest BCUT2D eigenvalue weighted by atomic mass is 9.99. The summed E-state index contributed by atoms with van der Waals surface area (Å²) in [5.41, 5.74) is 8.26. The molecule has 0 amide bonds. The van der Waals surface area contributed by atoms with Gasteiger partial charge in [-0.05, 0) is 50.2 Å². The van der Waals surface area contributed by atoms with Crippen molar-refractivity contribution in [2.24, 2.45) is 0 Å². The molecule has 0 saturated carbocycles. The van der Waals surface area contributed by atoms with E-state index in [1.807, 2.05) is 12.4 Å². The molecule has 0 spiro atoms. The molecule has 2 atom stereocenters. The Hall–Kier alpha value is -2.17. The van der Waals surface area contributed by atoms with Crippen molar-refractivity contribution >= 4 is 10.9 Å². The molecule has 4 heteroatoms. The van der Waals surface area contributed by atoms with E-state index in [0.717, 1.165) is 26.1 Å². The standard InChI is InChI=1S/C22H25N3O/c1-14-10-17-15(2)26-21(16-4-7-23-8-5-16)13-25-20-6-9-24(3)12-19(20)18(11-14)22(17)25/h4-5,7-8,10-11,15,21H,6,9,12-13H2,1-3H3. The van der Waals surface area contributed by atoms with Crippen LogP contribution in [0.2, 0.25) is 0 Å². The number of hydrogen-bond acceptors (Lipinski definition) is 3. The Balaban J connectivity index is 1.75. The zero-order valence-electron chi connectivity index (χ0n) is 15.7. The van der Waals surface area contributed by atoms with Crippen LogP contribution in [0.25, 0.3) is 10.9 Å². The summed E-state index contributed by atoms with van der Waals surface area (Å²) < 4.78 is 9.09. The molecule has 0 N–H and O–H groups in total. The number of benzene rings is 1. The maximum absolute atomic E-state index is 6.54. The Morgan fingerprint density at radius 2 is 2.00 bits per heavy atom. The zero-order valence-corrected chi connectivity index (χ0v) is 15.7. The number of nitrogens with zero attached hydrogens (tertiary/aromatic N) is 3. The van der Waals surface area contributed by atoms with Gasteiger partial charge in [-0.3, -0.25) is 4.98 Å². The maximum atomic E-state index is 6.54. The van der Waals surface area contributed by atoms with Crippen LogP contribution < -0.4 is 0 Å². The molecule has 4 nitrogen and oxygen atoms in total. The lowest BCUT2D eigenvalue weighted by Crippen LogP contribution is -2.27. The van der Waals surface area contributed by atoms with Crippen LogP contribution in [0.15, 0.2) is 36.7 Å². The second-order valence-corrected chi connectivity index (χ2v) is 7.82. The van der Waals surface area contributed by atoms with Gasteiger partial charge < -0.3 is 14.2 Å². The fraction of sp³-hybridized carbons (Fsp3) is 0.409. The highest BCUT2D eigenvalue weighted by Crippen LogP contribution is 2.41. The Bertz CT molecular complexity index is 976. The van der Waals surface area contributed by atoms with Crippen LogP contribution in [-0.2, 0) is 24.2 Å². The molecule has 2 unspecified atom stereocenters. The van der Waals surface area contributed by atoms with Crippen molar-refractivity contribution in [3.8, 4) is 0 Å². The smallest absolute Gasteiger partial charge is 0.101 e. The number of rotatable bonds is 1. The van der Waals surface area contributed by atoms with Crippen LogP contribution in [0.4, 0.5) is 0 Å². The van der Waals surface area contributed by atoms with E-state index in [0.29, 0.717) is 0 Å². The summed E-state index contributed by atoms with van der Waals surface area (Å²) in [6, 6.07) is 8.85. The number of aromatic nitrogens is 2. The Morgan fingerprint density at radius 3 is 2.81 bits per heavy atom. The third-order valence-electron chi connectivity index (χ3n) is 5.94. The lowest BCUT2D eigenvalue weighted by Gasteiger charge is -2.26. The van der Waals surface area contributed by atoms with Crippen molar-refractivity contribution in [2.45, 2.75) is 45.6 Å².